The Kier molecular flexibility index (Phi) is 4.60. The molecular weight excluding hydrogens is 284 g/mol. The number of nitrogens with zero attached hydrogens (tertiary/aromatic N) is 1. The summed E-state index contributed by atoms with van der Waals surface area (Å²) < 4.78 is 5.03. The maximum absolute atomic E-state index is 12.0. The number of carboxylic acid groups (broad SMARTS) is 1. The fourth-order valence-electron chi connectivity index (χ4n) is 1.81. The molecule has 22 heavy (non-hydrogen) atoms. The summed E-state index contributed by atoms with van der Waals surface area (Å²) in [6, 6.07) is 10.9. The van der Waals surface area contributed by atoms with Crippen molar-refractivity contribution in [2.24, 2.45) is 5.41 Å². The van der Waals surface area contributed by atoms with Crippen molar-refractivity contribution < 1.29 is 19.2 Å². The molecule has 116 valence electrons. The smallest absolute Gasteiger partial charge is 0.309 e. The Morgan fingerprint density at radius 1 is 1.27 bits per heavy atom. The molecule has 0 saturated carbocycles. The monoisotopic (exact) mass is 302 g/mol. The number of benzene rings is 1. The number of amides is 1. The molecule has 1 heterocycles. The van der Waals surface area contributed by atoms with Gasteiger partial charge in [0.2, 0.25) is 5.76 Å². The van der Waals surface area contributed by atoms with E-state index in [9.17, 15) is 9.59 Å². The number of aliphatic carboxylic acids is 1. The van der Waals surface area contributed by atoms with Crippen molar-refractivity contribution in [3.05, 3.63) is 42.2 Å². The molecule has 0 unspecified atom stereocenters. The second kappa shape index (κ2) is 6.43. The van der Waals surface area contributed by atoms with Crippen molar-refractivity contribution in [1.82, 2.24) is 10.5 Å². The minimum absolute atomic E-state index is 0.104. The first-order chi connectivity index (χ1) is 10.4. The molecule has 0 spiro atoms. The molecule has 1 aromatic heterocycles. The summed E-state index contributed by atoms with van der Waals surface area (Å²) >= 11 is 0. The van der Waals surface area contributed by atoms with E-state index < -0.39 is 17.3 Å². The molecule has 6 nitrogen and oxygen atoms in total. The minimum Gasteiger partial charge on any atom is -0.481 e. The molecule has 0 aliphatic carbocycles. The lowest BCUT2D eigenvalue weighted by Crippen LogP contribution is -2.31. The first-order valence-corrected chi connectivity index (χ1v) is 6.94. The lowest BCUT2D eigenvalue weighted by atomic mass is 9.90. The van der Waals surface area contributed by atoms with Crippen LogP contribution in [0, 0.1) is 5.41 Å². The van der Waals surface area contributed by atoms with Crippen molar-refractivity contribution in [1.29, 1.82) is 0 Å². The fourth-order valence-corrected chi connectivity index (χ4v) is 1.81. The molecule has 1 aromatic carbocycles. The van der Waals surface area contributed by atoms with Crippen molar-refractivity contribution in [3.63, 3.8) is 0 Å². The number of aromatic nitrogens is 1. The Hall–Kier alpha value is -2.63. The van der Waals surface area contributed by atoms with Gasteiger partial charge in [-0.25, -0.2) is 0 Å². The van der Waals surface area contributed by atoms with Gasteiger partial charge in [0, 0.05) is 18.2 Å². The lowest BCUT2D eigenvalue weighted by molar-refractivity contribution is -0.147. The van der Waals surface area contributed by atoms with E-state index in [1.807, 2.05) is 30.3 Å². The van der Waals surface area contributed by atoms with E-state index in [1.54, 1.807) is 19.9 Å². The van der Waals surface area contributed by atoms with Gasteiger partial charge in [0.1, 0.15) is 5.69 Å². The Morgan fingerprint density at radius 2 is 1.95 bits per heavy atom. The number of carbonyl (C=O) groups is 2. The highest BCUT2D eigenvalue weighted by Crippen LogP contribution is 2.20. The molecule has 2 rings (SSSR count). The molecule has 6 heteroatoms. The predicted molar refractivity (Wildman–Crippen MR) is 80.3 cm³/mol. The van der Waals surface area contributed by atoms with E-state index in [4.69, 9.17) is 9.63 Å². The van der Waals surface area contributed by atoms with Crippen LogP contribution in [-0.2, 0) is 4.79 Å². The van der Waals surface area contributed by atoms with Gasteiger partial charge in [0.15, 0.2) is 0 Å². The van der Waals surface area contributed by atoms with Gasteiger partial charge in [-0.15, -0.1) is 0 Å². The number of carboxylic acids is 1. The average molecular weight is 302 g/mol. The van der Waals surface area contributed by atoms with Crippen LogP contribution in [0.4, 0.5) is 0 Å². The Morgan fingerprint density at radius 3 is 2.59 bits per heavy atom. The molecule has 1 amide bonds. The van der Waals surface area contributed by atoms with E-state index >= 15 is 0 Å². The standard InChI is InChI=1S/C16H18N2O4/c1-16(2,15(20)21)8-9-17-14(19)13-10-12(18-22-13)11-6-4-3-5-7-11/h3-7,10H,8-9H2,1-2H3,(H,17,19)(H,20,21). The number of nitrogens with one attached hydrogen (secondary N) is 1. The molecule has 0 saturated heterocycles. The summed E-state index contributed by atoms with van der Waals surface area (Å²) in [5, 5.41) is 15.5. The summed E-state index contributed by atoms with van der Waals surface area (Å²) in [6.45, 7) is 3.48. The van der Waals surface area contributed by atoms with Gasteiger partial charge in [-0.2, -0.15) is 0 Å². The second-order valence-electron chi connectivity index (χ2n) is 5.64. The van der Waals surface area contributed by atoms with Gasteiger partial charge >= 0.3 is 5.97 Å². The highest BCUT2D eigenvalue weighted by Gasteiger charge is 2.26. The zero-order valence-corrected chi connectivity index (χ0v) is 12.5. The molecule has 0 bridgehead atoms. The van der Waals surface area contributed by atoms with Crippen LogP contribution in [0.3, 0.4) is 0 Å². The summed E-state index contributed by atoms with van der Waals surface area (Å²) in [5.74, 6) is -1.20. The van der Waals surface area contributed by atoms with Gasteiger partial charge in [-0.1, -0.05) is 35.5 Å². The average Bonchev–Trinajstić information content (AvgIpc) is 2.97. The van der Waals surface area contributed by atoms with Gasteiger partial charge in [0.25, 0.3) is 5.91 Å². The third-order valence-corrected chi connectivity index (χ3v) is 3.42. The van der Waals surface area contributed by atoms with Crippen LogP contribution in [0.5, 0.6) is 0 Å². The number of hydrogen-bond acceptors (Lipinski definition) is 4. The maximum atomic E-state index is 12.0. The zero-order valence-electron chi connectivity index (χ0n) is 12.5. The van der Waals surface area contributed by atoms with Crippen LogP contribution >= 0.6 is 0 Å². The maximum Gasteiger partial charge on any atom is 0.309 e. The molecular formula is C16H18N2O4. The number of hydrogen-bond donors (Lipinski definition) is 2. The molecule has 0 aliphatic rings. The second-order valence-corrected chi connectivity index (χ2v) is 5.64. The third kappa shape index (κ3) is 3.72. The van der Waals surface area contributed by atoms with Crippen molar-refractivity contribution >= 4 is 11.9 Å². The van der Waals surface area contributed by atoms with Gasteiger partial charge in [-0.05, 0) is 20.3 Å². The largest absolute Gasteiger partial charge is 0.481 e. The van der Waals surface area contributed by atoms with Gasteiger partial charge in [-0.3, -0.25) is 9.59 Å². The highest BCUT2D eigenvalue weighted by molar-refractivity contribution is 5.92. The SMILES string of the molecule is CC(C)(CCNC(=O)c1cc(-c2ccccc2)no1)C(=O)O. The van der Waals surface area contributed by atoms with Crippen LogP contribution in [0.2, 0.25) is 0 Å². The summed E-state index contributed by atoms with van der Waals surface area (Å²) in [5.41, 5.74) is 0.554. The Labute approximate surface area is 128 Å². The van der Waals surface area contributed by atoms with E-state index in [-0.39, 0.29) is 12.3 Å². The van der Waals surface area contributed by atoms with Crippen molar-refractivity contribution in [2.75, 3.05) is 6.54 Å². The van der Waals surface area contributed by atoms with Crippen LogP contribution in [0.25, 0.3) is 11.3 Å². The van der Waals surface area contributed by atoms with E-state index in [0.29, 0.717) is 12.1 Å². The number of rotatable bonds is 6. The molecule has 2 N–H and O–H groups in total. The first-order valence-electron chi connectivity index (χ1n) is 6.94. The normalized spacial score (nSPS) is 11.2. The van der Waals surface area contributed by atoms with Crippen LogP contribution in [0.1, 0.15) is 30.8 Å². The topological polar surface area (TPSA) is 92.4 Å². The van der Waals surface area contributed by atoms with Gasteiger partial charge in [0.05, 0.1) is 5.41 Å². The van der Waals surface area contributed by atoms with E-state index in [0.717, 1.165) is 5.56 Å². The highest BCUT2D eigenvalue weighted by atomic mass is 16.5. The molecule has 0 radical (unpaired) electrons. The Bertz CT molecular complexity index is 662. The van der Waals surface area contributed by atoms with Crippen molar-refractivity contribution in [3.8, 4) is 11.3 Å². The lowest BCUT2D eigenvalue weighted by Gasteiger charge is -2.18. The fraction of sp³-hybridized carbons (Fsp3) is 0.312. The van der Waals surface area contributed by atoms with E-state index in [2.05, 4.69) is 10.5 Å². The van der Waals surface area contributed by atoms with E-state index in [1.165, 1.54) is 0 Å². The summed E-state index contributed by atoms with van der Waals surface area (Å²) in [7, 11) is 0. The van der Waals surface area contributed by atoms with Gasteiger partial charge < -0.3 is 14.9 Å². The minimum atomic E-state index is -0.896. The quantitative estimate of drug-likeness (QED) is 0.855. The molecule has 0 atom stereocenters. The van der Waals surface area contributed by atoms with Crippen molar-refractivity contribution in [2.45, 2.75) is 20.3 Å². The summed E-state index contributed by atoms with van der Waals surface area (Å²) in [4.78, 5) is 22.9. The van der Waals surface area contributed by atoms with Crippen LogP contribution in [-0.4, -0.2) is 28.7 Å². The molecule has 0 aliphatic heterocycles. The molecule has 0 fully saturated rings. The first kappa shape index (κ1) is 15.8. The third-order valence-electron chi connectivity index (χ3n) is 3.42. The molecule has 2 aromatic rings. The Balaban J connectivity index is 1.94. The van der Waals surface area contributed by atoms with Crippen LogP contribution < -0.4 is 5.32 Å². The zero-order chi connectivity index (χ0) is 16.2. The predicted octanol–water partition coefficient (Wildman–Crippen LogP) is 2.57. The summed E-state index contributed by atoms with van der Waals surface area (Å²) in [6.07, 6.45) is 0.327. The number of carbonyl (C=O) groups excluding carboxylic acids is 1. The van der Waals surface area contributed by atoms with Crippen LogP contribution in [0.15, 0.2) is 40.9 Å².